The van der Waals surface area contributed by atoms with Crippen LogP contribution >= 0.6 is 0 Å². The topological polar surface area (TPSA) is 112 Å². The van der Waals surface area contributed by atoms with Gasteiger partial charge >= 0.3 is 0 Å². The summed E-state index contributed by atoms with van der Waals surface area (Å²) in [5.74, 6) is -0.248. The predicted octanol–water partition coefficient (Wildman–Crippen LogP) is 1.01. The zero-order chi connectivity index (χ0) is 20.0. The number of aryl methyl sites for hydroxylation is 2. The van der Waals surface area contributed by atoms with Gasteiger partial charge in [0.25, 0.3) is 0 Å². The SMILES string of the molecule is Cc1n[nH]c(C)c1S(=O)(=O)N1CCCC(C(=O)N2CCC(N)C(C)(C)C2)C1. The van der Waals surface area contributed by atoms with Gasteiger partial charge in [0, 0.05) is 32.2 Å². The number of carbonyl (C=O) groups is 1. The number of nitrogens with two attached hydrogens (primary N) is 1. The number of sulfonamides is 1. The molecule has 1 aromatic rings. The number of aromatic nitrogens is 2. The molecule has 152 valence electrons. The van der Waals surface area contributed by atoms with E-state index in [0.29, 0.717) is 37.4 Å². The molecule has 0 bridgehead atoms. The number of nitrogens with one attached hydrogen (secondary N) is 1. The lowest BCUT2D eigenvalue weighted by atomic mass is 9.79. The van der Waals surface area contributed by atoms with Crippen molar-refractivity contribution in [2.24, 2.45) is 17.1 Å². The van der Waals surface area contributed by atoms with Gasteiger partial charge < -0.3 is 10.6 Å². The molecule has 27 heavy (non-hydrogen) atoms. The summed E-state index contributed by atoms with van der Waals surface area (Å²) in [7, 11) is -3.66. The molecule has 3 heterocycles. The fourth-order valence-corrected chi connectivity index (χ4v) is 6.09. The molecule has 0 radical (unpaired) electrons. The van der Waals surface area contributed by atoms with Crippen molar-refractivity contribution in [3.05, 3.63) is 11.4 Å². The first-order valence-corrected chi connectivity index (χ1v) is 11.0. The van der Waals surface area contributed by atoms with Crippen molar-refractivity contribution < 1.29 is 13.2 Å². The van der Waals surface area contributed by atoms with E-state index in [1.165, 1.54) is 4.31 Å². The Kier molecular flexibility index (Phi) is 5.39. The van der Waals surface area contributed by atoms with Gasteiger partial charge in [0.2, 0.25) is 15.9 Å². The molecule has 0 aromatic carbocycles. The molecule has 2 aliphatic heterocycles. The Morgan fingerprint density at radius 2 is 1.96 bits per heavy atom. The van der Waals surface area contributed by atoms with E-state index >= 15 is 0 Å². The molecular formula is C18H31N5O3S. The molecule has 8 nitrogen and oxygen atoms in total. The quantitative estimate of drug-likeness (QED) is 0.790. The van der Waals surface area contributed by atoms with Gasteiger partial charge in [-0.25, -0.2) is 8.42 Å². The molecule has 0 aliphatic carbocycles. The molecule has 3 N–H and O–H groups in total. The Morgan fingerprint density at radius 1 is 1.26 bits per heavy atom. The van der Waals surface area contributed by atoms with E-state index in [0.717, 1.165) is 12.8 Å². The standard InChI is InChI=1S/C18H31N5O3S/c1-12-16(13(2)21-20-12)27(25,26)23-8-5-6-14(10-23)17(24)22-9-7-15(19)18(3,4)11-22/h14-15H,5-11,19H2,1-4H3,(H,20,21). The molecule has 2 unspecified atom stereocenters. The molecule has 2 atom stereocenters. The number of likely N-dealkylation sites (tertiary alicyclic amines) is 1. The van der Waals surface area contributed by atoms with Crippen LogP contribution in [0.4, 0.5) is 0 Å². The first-order valence-electron chi connectivity index (χ1n) is 9.60. The van der Waals surface area contributed by atoms with Gasteiger partial charge in [0.1, 0.15) is 4.90 Å². The van der Waals surface area contributed by atoms with Crippen molar-refractivity contribution in [1.29, 1.82) is 0 Å². The van der Waals surface area contributed by atoms with Crippen LogP contribution in [0, 0.1) is 25.2 Å². The van der Waals surface area contributed by atoms with Gasteiger partial charge in [-0.1, -0.05) is 13.8 Å². The third kappa shape index (κ3) is 3.77. The predicted molar refractivity (Wildman–Crippen MR) is 102 cm³/mol. The molecule has 1 aromatic heterocycles. The largest absolute Gasteiger partial charge is 0.342 e. The smallest absolute Gasteiger partial charge is 0.246 e. The number of nitrogens with zero attached hydrogens (tertiary/aromatic N) is 3. The molecule has 0 spiro atoms. The second kappa shape index (κ2) is 7.18. The number of aromatic amines is 1. The summed E-state index contributed by atoms with van der Waals surface area (Å²) in [6, 6.07) is 0.0804. The number of carbonyl (C=O) groups excluding carboxylic acids is 1. The molecule has 3 rings (SSSR count). The summed E-state index contributed by atoms with van der Waals surface area (Å²) in [6.07, 6.45) is 2.18. The van der Waals surface area contributed by atoms with Crippen molar-refractivity contribution in [2.75, 3.05) is 26.2 Å². The van der Waals surface area contributed by atoms with Gasteiger partial charge in [-0.05, 0) is 38.5 Å². The average molecular weight is 398 g/mol. The van der Waals surface area contributed by atoms with Gasteiger partial charge in [0.05, 0.1) is 17.3 Å². The molecule has 2 aliphatic rings. The van der Waals surface area contributed by atoms with Crippen molar-refractivity contribution >= 4 is 15.9 Å². The van der Waals surface area contributed by atoms with Gasteiger partial charge in [0.15, 0.2) is 0 Å². The van der Waals surface area contributed by atoms with E-state index in [9.17, 15) is 13.2 Å². The van der Waals surface area contributed by atoms with Gasteiger partial charge in [-0.2, -0.15) is 9.40 Å². The molecule has 2 saturated heterocycles. The number of hydrogen-bond donors (Lipinski definition) is 2. The highest BCUT2D eigenvalue weighted by molar-refractivity contribution is 7.89. The summed E-state index contributed by atoms with van der Waals surface area (Å²) < 4.78 is 27.7. The van der Waals surface area contributed by atoms with Crippen molar-refractivity contribution in [3.8, 4) is 0 Å². The van der Waals surface area contributed by atoms with Crippen molar-refractivity contribution in [2.45, 2.75) is 57.9 Å². The van der Waals surface area contributed by atoms with Gasteiger partial charge in [-0.3, -0.25) is 9.89 Å². The maximum absolute atomic E-state index is 13.1. The number of H-pyrrole nitrogens is 1. The van der Waals surface area contributed by atoms with Crippen LogP contribution in [0.25, 0.3) is 0 Å². The highest BCUT2D eigenvalue weighted by Gasteiger charge is 2.40. The summed E-state index contributed by atoms with van der Waals surface area (Å²) in [6.45, 7) is 9.49. The van der Waals surface area contributed by atoms with Crippen LogP contribution in [0.15, 0.2) is 4.90 Å². The number of piperidine rings is 2. The van der Waals surface area contributed by atoms with Crippen LogP contribution in [0.5, 0.6) is 0 Å². The molecule has 0 saturated carbocycles. The van der Waals surface area contributed by atoms with Crippen molar-refractivity contribution in [1.82, 2.24) is 19.4 Å². The van der Waals surface area contributed by atoms with E-state index in [1.54, 1.807) is 13.8 Å². The molecule has 1 amide bonds. The minimum absolute atomic E-state index is 0.0514. The fraction of sp³-hybridized carbons (Fsp3) is 0.778. The second-order valence-electron chi connectivity index (χ2n) is 8.61. The van der Waals surface area contributed by atoms with Crippen LogP contribution in [0.2, 0.25) is 0 Å². The number of rotatable bonds is 3. The van der Waals surface area contributed by atoms with Crippen LogP contribution < -0.4 is 5.73 Å². The fourth-order valence-electron chi connectivity index (χ4n) is 4.23. The zero-order valence-corrected chi connectivity index (χ0v) is 17.5. The van der Waals surface area contributed by atoms with E-state index in [1.807, 2.05) is 4.90 Å². The maximum Gasteiger partial charge on any atom is 0.246 e. The van der Waals surface area contributed by atoms with Crippen molar-refractivity contribution in [3.63, 3.8) is 0 Å². The number of hydrogen-bond acceptors (Lipinski definition) is 5. The highest BCUT2D eigenvalue weighted by Crippen LogP contribution is 2.31. The van der Waals surface area contributed by atoms with Crippen LogP contribution in [0.1, 0.15) is 44.5 Å². The van der Waals surface area contributed by atoms with E-state index in [2.05, 4.69) is 24.0 Å². The Bertz CT molecular complexity index is 797. The Hall–Kier alpha value is -1.45. The highest BCUT2D eigenvalue weighted by atomic mass is 32.2. The van der Waals surface area contributed by atoms with E-state index in [-0.39, 0.29) is 34.7 Å². The van der Waals surface area contributed by atoms with Crippen LogP contribution in [0.3, 0.4) is 0 Å². The van der Waals surface area contributed by atoms with Crippen LogP contribution in [-0.2, 0) is 14.8 Å². The first-order chi connectivity index (χ1) is 12.5. The minimum Gasteiger partial charge on any atom is -0.342 e. The summed E-state index contributed by atoms with van der Waals surface area (Å²) >= 11 is 0. The molecular weight excluding hydrogens is 366 g/mol. The zero-order valence-electron chi connectivity index (χ0n) is 16.7. The lowest BCUT2D eigenvalue weighted by Gasteiger charge is -2.44. The van der Waals surface area contributed by atoms with Crippen LogP contribution in [-0.4, -0.2) is 65.9 Å². The second-order valence-corrected chi connectivity index (χ2v) is 10.5. The summed E-state index contributed by atoms with van der Waals surface area (Å²) in [4.78, 5) is 15.2. The first kappa shape index (κ1) is 20.3. The van der Waals surface area contributed by atoms with E-state index in [4.69, 9.17) is 5.73 Å². The lowest BCUT2D eigenvalue weighted by Crippen LogP contribution is -2.56. The average Bonchev–Trinajstić information content (AvgIpc) is 2.96. The third-order valence-electron chi connectivity index (χ3n) is 6.02. The monoisotopic (exact) mass is 397 g/mol. The minimum atomic E-state index is -3.66. The summed E-state index contributed by atoms with van der Waals surface area (Å²) in [5, 5.41) is 6.75. The summed E-state index contributed by atoms with van der Waals surface area (Å²) in [5.41, 5.74) is 7.06. The normalized spacial score (nSPS) is 26.9. The van der Waals surface area contributed by atoms with E-state index < -0.39 is 10.0 Å². The Morgan fingerprint density at radius 3 is 2.56 bits per heavy atom. The number of amides is 1. The lowest BCUT2D eigenvalue weighted by molar-refractivity contribution is -0.140. The van der Waals surface area contributed by atoms with Gasteiger partial charge in [-0.15, -0.1) is 0 Å². The third-order valence-corrected chi connectivity index (χ3v) is 8.14. The molecule has 2 fully saturated rings. The Labute approximate surface area is 161 Å². The maximum atomic E-state index is 13.1. The molecule has 9 heteroatoms. The Balaban J connectivity index is 1.75.